The number of hydrogen-bond acceptors (Lipinski definition) is 4. The minimum Gasteiger partial charge on any atom is -0.390 e. The molecule has 1 aromatic heterocycles. The molecule has 0 spiro atoms. The van der Waals surface area contributed by atoms with Crippen molar-refractivity contribution in [3.8, 4) is 6.07 Å². The van der Waals surface area contributed by atoms with Crippen LogP contribution in [-0.2, 0) is 18.6 Å². The molecule has 5 heteroatoms. The van der Waals surface area contributed by atoms with Crippen molar-refractivity contribution in [2.45, 2.75) is 39.3 Å². The Morgan fingerprint density at radius 1 is 1.50 bits per heavy atom. The molecule has 0 bridgehead atoms. The average molecular weight is 194 g/mol. The van der Waals surface area contributed by atoms with Gasteiger partial charge in [0.2, 0.25) is 0 Å². The largest absolute Gasteiger partial charge is 0.390 e. The van der Waals surface area contributed by atoms with E-state index in [2.05, 4.69) is 10.3 Å². The summed E-state index contributed by atoms with van der Waals surface area (Å²) in [5, 5.41) is 25.3. The zero-order valence-electron chi connectivity index (χ0n) is 8.65. The Bertz CT molecular complexity index is 356. The minimum absolute atomic E-state index is 0.141. The molecule has 1 rings (SSSR count). The van der Waals surface area contributed by atoms with Crippen LogP contribution in [0.1, 0.15) is 32.2 Å². The topological polar surface area (TPSA) is 74.7 Å². The highest BCUT2D eigenvalue weighted by Crippen LogP contribution is 2.24. The van der Waals surface area contributed by atoms with Gasteiger partial charge in [0.05, 0.1) is 18.4 Å². The van der Waals surface area contributed by atoms with Gasteiger partial charge in [0.15, 0.2) is 0 Å². The summed E-state index contributed by atoms with van der Waals surface area (Å²) in [6.45, 7) is 6.02. The predicted octanol–water partition coefficient (Wildman–Crippen LogP) is 0.591. The quantitative estimate of drug-likeness (QED) is 0.747. The van der Waals surface area contributed by atoms with Crippen LogP contribution in [0.15, 0.2) is 0 Å². The van der Waals surface area contributed by atoms with Crippen molar-refractivity contribution < 1.29 is 5.11 Å². The third-order valence-electron chi connectivity index (χ3n) is 1.89. The van der Waals surface area contributed by atoms with Crippen LogP contribution >= 0.6 is 0 Å². The normalized spacial score (nSPS) is 11.4. The molecule has 0 aliphatic rings. The molecule has 0 unspecified atom stereocenters. The van der Waals surface area contributed by atoms with Crippen molar-refractivity contribution in [1.82, 2.24) is 15.0 Å². The van der Waals surface area contributed by atoms with E-state index in [1.807, 2.05) is 26.8 Å². The van der Waals surface area contributed by atoms with E-state index in [4.69, 9.17) is 10.4 Å². The van der Waals surface area contributed by atoms with Crippen molar-refractivity contribution in [2.24, 2.45) is 0 Å². The first-order valence-electron chi connectivity index (χ1n) is 4.41. The first-order valence-corrected chi connectivity index (χ1v) is 4.41. The van der Waals surface area contributed by atoms with Crippen LogP contribution < -0.4 is 0 Å². The van der Waals surface area contributed by atoms with Crippen molar-refractivity contribution in [1.29, 1.82) is 5.26 Å². The molecule has 5 nitrogen and oxygen atoms in total. The first-order chi connectivity index (χ1) is 6.50. The van der Waals surface area contributed by atoms with Crippen molar-refractivity contribution in [3.05, 3.63) is 11.4 Å². The summed E-state index contributed by atoms with van der Waals surface area (Å²) in [5.41, 5.74) is 1.20. The SMILES string of the molecule is CC(C)(C)c1c(CO)nnn1CC#N. The summed E-state index contributed by atoms with van der Waals surface area (Å²) in [7, 11) is 0. The van der Waals surface area contributed by atoms with Gasteiger partial charge in [0.1, 0.15) is 12.2 Å². The molecule has 14 heavy (non-hydrogen) atoms. The Labute approximate surface area is 83.0 Å². The highest BCUT2D eigenvalue weighted by molar-refractivity contribution is 5.19. The number of hydrogen-bond donors (Lipinski definition) is 1. The van der Waals surface area contributed by atoms with Gasteiger partial charge in [-0.25, -0.2) is 4.68 Å². The molecule has 0 saturated carbocycles. The Balaban J connectivity index is 3.21. The van der Waals surface area contributed by atoms with Gasteiger partial charge in [0, 0.05) is 5.41 Å². The van der Waals surface area contributed by atoms with Crippen LogP contribution in [0.5, 0.6) is 0 Å². The lowest BCUT2D eigenvalue weighted by Crippen LogP contribution is -2.20. The van der Waals surface area contributed by atoms with Crippen molar-refractivity contribution in [3.63, 3.8) is 0 Å². The maximum atomic E-state index is 9.06. The molecule has 1 heterocycles. The van der Waals surface area contributed by atoms with E-state index < -0.39 is 0 Å². The van der Waals surface area contributed by atoms with Crippen LogP contribution in [0.4, 0.5) is 0 Å². The maximum Gasteiger partial charge on any atom is 0.130 e. The van der Waals surface area contributed by atoms with Crippen LogP contribution in [-0.4, -0.2) is 20.1 Å². The van der Waals surface area contributed by atoms with E-state index in [0.29, 0.717) is 5.69 Å². The van der Waals surface area contributed by atoms with E-state index in [0.717, 1.165) is 5.69 Å². The van der Waals surface area contributed by atoms with Gasteiger partial charge in [-0.3, -0.25) is 0 Å². The van der Waals surface area contributed by atoms with Gasteiger partial charge in [0.25, 0.3) is 0 Å². The van der Waals surface area contributed by atoms with Gasteiger partial charge in [-0.05, 0) is 0 Å². The number of aliphatic hydroxyl groups excluding tert-OH is 1. The smallest absolute Gasteiger partial charge is 0.130 e. The lowest BCUT2D eigenvalue weighted by molar-refractivity contribution is 0.273. The minimum atomic E-state index is -0.168. The first kappa shape index (κ1) is 10.7. The summed E-state index contributed by atoms with van der Waals surface area (Å²) >= 11 is 0. The average Bonchev–Trinajstić information content (AvgIpc) is 2.47. The van der Waals surface area contributed by atoms with Crippen molar-refractivity contribution >= 4 is 0 Å². The van der Waals surface area contributed by atoms with Gasteiger partial charge in [-0.1, -0.05) is 26.0 Å². The Kier molecular flexibility index (Phi) is 2.87. The summed E-state index contributed by atoms with van der Waals surface area (Å²) in [6, 6.07) is 2.01. The number of aliphatic hydroxyl groups is 1. The third-order valence-corrected chi connectivity index (χ3v) is 1.89. The fourth-order valence-electron chi connectivity index (χ4n) is 1.45. The molecule has 0 amide bonds. The summed E-state index contributed by atoms with van der Waals surface area (Å²) in [6.07, 6.45) is 0. The van der Waals surface area contributed by atoms with Gasteiger partial charge >= 0.3 is 0 Å². The van der Waals surface area contributed by atoms with Crippen LogP contribution in [0.3, 0.4) is 0 Å². The number of nitrogens with zero attached hydrogens (tertiary/aromatic N) is 4. The lowest BCUT2D eigenvalue weighted by atomic mass is 9.90. The number of rotatable bonds is 2. The molecule has 0 radical (unpaired) electrons. The summed E-state index contributed by atoms with van der Waals surface area (Å²) in [5.74, 6) is 0. The van der Waals surface area contributed by atoms with Crippen LogP contribution in [0.2, 0.25) is 0 Å². The zero-order chi connectivity index (χ0) is 10.8. The number of aromatic nitrogens is 3. The fraction of sp³-hybridized carbons (Fsp3) is 0.667. The second-order valence-electron chi connectivity index (χ2n) is 4.11. The van der Waals surface area contributed by atoms with Crippen LogP contribution in [0.25, 0.3) is 0 Å². The molecule has 76 valence electrons. The van der Waals surface area contributed by atoms with Crippen LogP contribution in [0, 0.1) is 11.3 Å². The van der Waals surface area contributed by atoms with Gasteiger partial charge in [-0.2, -0.15) is 5.26 Å². The summed E-state index contributed by atoms with van der Waals surface area (Å²) < 4.78 is 1.53. The Morgan fingerprint density at radius 2 is 2.14 bits per heavy atom. The number of nitriles is 1. The standard InChI is InChI=1S/C9H14N4O/c1-9(2,3)8-7(6-14)11-12-13(8)5-4-10/h14H,5-6H2,1-3H3. The van der Waals surface area contributed by atoms with E-state index in [1.54, 1.807) is 0 Å². The molecule has 0 aliphatic heterocycles. The van der Waals surface area contributed by atoms with E-state index in [9.17, 15) is 0 Å². The van der Waals surface area contributed by atoms with E-state index >= 15 is 0 Å². The van der Waals surface area contributed by atoms with E-state index in [1.165, 1.54) is 4.68 Å². The van der Waals surface area contributed by atoms with E-state index in [-0.39, 0.29) is 18.6 Å². The van der Waals surface area contributed by atoms with Gasteiger partial charge in [-0.15, -0.1) is 5.10 Å². The Morgan fingerprint density at radius 3 is 2.57 bits per heavy atom. The molecule has 0 saturated heterocycles. The monoisotopic (exact) mass is 194 g/mol. The molecule has 1 aromatic rings. The second kappa shape index (κ2) is 3.76. The predicted molar refractivity (Wildman–Crippen MR) is 50.3 cm³/mol. The second-order valence-corrected chi connectivity index (χ2v) is 4.11. The lowest BCUT2D eigenvalue weighted by Gasteiger charge is -2.19. The molecular weight excluding hydrogens is 180 g/mol. The van der Waals surface area contributed by atoms with Gasteiger partial charge < -0.3 is 5.11 Å². The molecule has 0 fully saturated rings. The van der Waals surface area contributed by atoms with Crippen molar-refractivity contribution in [2.75, 3.05) is 0 Å². The highest BCUT2D eigenvalue weighted by atomic mass is 16.3. The molecular formula is C9H14N4O. The molecule has 0 atom stereocenters. The molecule has 0 aromatic carbocycles. The summed E-state index contributed by atoms with van der Waals surface area (Å²) in [4.78, 5) is 0. The fourth-order valence-corrected chi connectivity index (χ4v) is 1.45. The third kappa shape index (κ3) is 1.91. The molecule has 1 N–H and O–H groups in total. The maximum absolute atomic E-state index is 9.06. The molecule has 0 aliphatic carbocycles. The Hall–Kier alpha value is -1.41. The zero-order valence-corrected chi connectivity index (χ0v) is 8.65. The highest BCUT2D eigenvalue weighted by Gasteiger charge is 2.24.